The highest BCUT2D eigenvalue weighted by molar-refractivity contribution is 6.19. The van der Waals surface area contributed by atoms with E-state index < -0.39 is 46.2 Å². The predicted octanol–water partition coefficient (Wildman–Crippen LogP) is 2.67. The van der Waals surface area contributed by atoms with E-state index in [2.05, 4.69) is 0 Å². The van der Waals surface area contributed by atoms with E-state index in [9.17, 15) is 31.9 Å². The van der Waals surface area contributed by atoms with E-state index >= 15 is 0 Å². The summed E-state index contributed by atoms with van der Waals surface area (Å²) in [5, 5.41) is 11.1. The average Bonchev–Trinajstić information content (AvgIpc) is 2.51. The molecule has 0 atom stereocenters. The summed E-state index contributed by atoms with van der Waals surface area (Å²) in [4.78, 5) is 11.1. The van der Waals surface area contributed by atoms with Gasteiger partial charge in [-0.1, -0.05) is 30.3 Å². The Labute approximate surface area is 121 Å². The Bertz CT molecular complexity index is 740. The van der Waals surface area contributed by atoms with Gasteiger partial charge < -0.3 is 9.90 Å². The SMILES string of the molecule is O=C([O-])/C(=C/c1ccccc1)c1c(F)c(F)c(F)c(F)c1F. The number of carboxylic acids is 1. The zero-order valence-electron chi connectivity index (χ0n) is 10.7. The maximum absolute atomic E-state index is 13.7. The lowest BCUT2D eigenvalue weighted by molar-refractivity contribution is -0.295. The number of carboxylic acid groups (broad SMARTS) is 1. The van der Waals surface area contributed by atoms with Crippen LogP contribution in [0.1, 0.15) is 11.1 Å². The van der Waals surface area contributed by atoms with Gasteiger partial charge in [0.1, 0.15) is 0 Å². The third-order valence-electron chi connectivity index (χ3n) is 2.81. The number of halogens is 5. The first kappa shape index (κ1) is 15.7. The largest absolute Gasteiger partial charge is 0.545 e. The van der Waals surface area contributed by atoms with Crippen molar-refractivity contribution < 1.29 is 31.9 Å². The normalized spacial score (nSPS) is 11.6. The van der Waals surface area contributed by atoms with Crippen LogP contribution in [0.15, 0.2) is 30.3 Å². The molecule has 2 aromatic rings. The van der Waals surface area contributed by atoms with E-state index in [-0.39, 0.29) is 5.56 Å². The summed E-state index contributed by atoms with van der Waals surface area (Å²) >= 11 is 0. The highest BCUT2D eigenvalue weighted by atomic mass is 19.2. The van der Waals surface area contributed by atoms with Crippen molar-refractivity contribution in [2.24, 2.45) is 0 Å². The Hall–Kier alpha value is -2.70. The molecule has 7 heteroatoms. The van der Waals surface area contributed by atoms with Crippen LogP contribution in [-0.4, -0.2) is 5.97 Å². The van der Waals surface area contributed by atoms with Crippen molar-refractivity contribution in [1.82, 2.24) is 0 Å². The molecular formula is C15H6F5O2-. The van der Waals surface area contributed by atoms with Crippen LogP contribution < -0.4 is 5.11 Å². The molecule has 114 valence electrons. The fourth-order valence-corrected chi connectivity index (χ4v) is 1.79. The minimum absolute atomic E-state index is 0.186. The van der Waals surface area contributed by atoms with Crippen molar-refractivity contribution in [2.45, 2.75) is 0 Å². The van der Waals surface area contributed by atoms with E-state index in [0.717, 1.165) is 6.08 Å². The summed E-state index contributed by atoms with van der Waals surface area (Å²) in [6.07, 6.45) is 0.758. The molecule has 22 heavy (non-hydrogen) atoms. The smallest absolute Gasteiger partial charge is 0.200 e. The number of rotatable bonds is 3. The number of hydrogen-bond donors (Lipinski definition) is 0. The summed E-state index contributed by atoms with van der Waals surface area (Å²) in [5.74, 6) is -13.4. The summed E-state index contributed by atoms with van der Waals surface area (Å²) < 4.78 is 66.6. The Morgan fingerprint density at radius 3 is 1.73 bits per heavy atom. The van der Waals surface area contributed by atoms with Crippen molar-refractivity contribution in [3.05, 3.63) is 70.5 Å². The van der Waals surface area contributed by atoms with Gasteiger partial charge >= 0.3 is 0 Å². The first-order chi connectivity index (χ1) is 10.3. The molecule has 2 nitrogen and oxygen atoms in total. The molecule has 0 heterocycles. The summed E-state index contributed by atoms with van der Waals surface area (Å²) in [6, 6.07) is 7.35. The highest BCUT2D eigenvalue weighted by Crippen LogP contribution is 2.29. The first-order valence-corrected chi connectivity index (χ1v) is 5.84. The summed E-state index contributed by atoms with van der Waals surface area (Å²) in [5.41, 5.74) is -2.51. The van der Waals surface area contributed by atoms with Gasteiger partial charge in [0.2, 0.25) is 5.82 Å². The Kier molecular flexibility index (Phi) is 4.25. The second kappa shape index (κ2) is 5.97. The molecule has 0 saturated carbocycles. The number of carbonyl (C=O) groups is 1. The molecule has 2 aromatic carbocycles. The second-order valence-electron chi connectivity index (χ2n) is 4.20. The van der Waals surface area contributed by atoms with Gasteiger partial charge in [-0.15, -0.1) is 0 Å². The first-order valence-electron chi connectivity index (χ1n) is 5.84. The van der Waals surface area contributed by atoms with E-state index in [0.29, 0.717) is 0 Å². The van der Waals surface area contributed by atoms with Crippen LogP contribution in [0.3, 0.4) is 0 Å². The van der Waals surface area contributed by atoms with E-state index in [4.69, 9.17) is 0 Å². The van der Waals surface area contributed by atoms with Gasteiger partial charge in [-0.3, -0.25) is 0 Å². The maximum atomic E-state index is 13.7. The zero-order valence-corrected chi connectivity index (χ0v) is 10.7. The van der Waals surface area contributed by atoms with E-state index in [1.807, 2.05) is 0 Å². The standard InChI is InChI=1S/C15H7F5O2/c16-10-9(11(17)13(19)14(20)12(10)18)8(15(21)22)6-7-4-2-1-3-5-7/h1-6H,(H,21,22)/p-1/b8-6+. The third-order valence-corrected chi connectivity index (χ3v) is 2.81. The van der Waals surface area contributed by atoms with Crippen molar-refractivity contribution in [3.63, 3.8) is 0 Å². The highest BCUT2D eigenvalue weighted by Gasteiger charge is 2.28. The van der Waals surface area contributed by atoms with Gasteiger partial charge in [-0.2, -0.15) is 0 Å². The summed E-state index contributed by atoms with van der Waals surface area (Å²) in [7, 11) is 0. The van der Waals surface area contributed by atoms with Crippen LogP contribution >= 0.6 is 0 Å². The number of hydrogen-bond acceptors (Lipinski definition) is 2. The minimum atomic E-state index is -2.36. The van der Waals surface area contributed by atoms with Crippen molar-refractivity contribution in [2.75, 3.05) is 0 Å². The van der Waals surface area contributed by atoms with Crippen LogP contribution in [0.25, 0.3) is 11.6 Å². The van der Waals surface area contributed by atoms with Crippen LogP contribution in [0.2, 0.25) is 0 Å². The lowest BCUT2D eigenvalue weighted by Crippen LogP contribution is -2.25. The fraction of sp³-hybridized carbons (Fsp3) is 0. The number of carbonyl (C=O) groups excluding carboxylic acids is 1. The molecule has 0 aliphatic carbocycles. The molecule has 0 radical (unpaired) electrons. The van der Waals surface area contributed by atoms with Crippen molar-refractivity contribution in [3.8, 4) is 0 Å². The second-order valence-corrected chi connectivity index (χ2v) is 4.20. The zero-order chi connectivity index (χ0) is 16.4. The number of aliphatic carboxylic acids is 1. The topological polar surface area (TPSA) is 40.1 Å². The molecule has 0 N–H and O–H groups in total. The molecule has 0 aromatic heterocycles. The summed E-state index contributed by atoms with van der Waals surface area (Å²) in [6.45, 7) is 0. The van der Waals surface area contributed by atoms with Gasteiger partial charge in [-0.05, 0) is 11.6 Å². The Morgan fingerprint density at radius 2 is 1.27 bits per heavy atom. The molecule has 2 rings (SSSR count). The van der Waals surface area contributed by atoms with Crippen LogP contribution in [0.5, 0.6) is 0 Å². The molecule has 0 aliphatic rings. The average molecular weight is 313 g/mol. The van der Waals surface area contributed by atoms with Crippen molar-refractivity contribution >= 4 is 17.6 Å². The Morgan fingerprint density at radius 1 is 0.818 bits per heavy atom. The van der Waals surface area contributed by atoms with E-state index in [1.165, 1.54) is 24.3 Å². The van der Waals surface area contributed by atoms with Gasteiger partial charge in [0.25, 0.3) is 0 Å². The fourth-order valence-electron chi connectivity index (χ4n) is 1.79. The molecule has 0 bridgehead atoms. The van der Waals surface area contributed by atoms with Crippen LogP contribution in [-0.2, 0) is 4.79 Å². The van der Waals surface area contributed by atoms with Gasteiger partial charge in [-0.25, -0.2) is 22.0 Å². The lowest BCUT2D eigenvalue weighted by Gasteiger charge is -2.13. The van der Waals surface area contributed by atoms with Crippen molar-refractivity contribution in [1.29, 1.82) is 0 Å². The maximum Gasteiger partial charge on any atom is 0.200 e. The van der Waals surface area contributed by atoms with Gasteiger partial charge in [0.05, 0.1) is 11.5 Å². The quantitative estimate of drug-likeness (QED) is 0.287. The van der Waals surface area contributed by atoms with Crippen LogP contribution in [0, 0.1) is 29.1 Å². The predicted molar refractivity (Wildman–Crippen MR) is 65.6 cm³/mol. The molecule has 0 amide bonds. The van der Waals surface area contributed by atoms with E-state index in [1.54, 1.807) is 6.07 Å². The van der Waals surface area contributed by atoms with Gasteiger partial charge in [0.15, 0.2) is 23.3 Å². The van der Waals surface area contributed by atoms with Gasteiger partial charge in [0, 0.05) is 5.57 Å². The lowest BCUT2D eigenvalue weighted by atomic mass is 10.0. The molecule has 0 saturated heterocycles. The third kappa shape index (κ3) is 2.69. The Balaban J connectivity index is 2.76. The number of benzene rings is 2. The minimum Gasteiger partial charge on any atom is -0.545 e. The molecule has 0 fully saturated rings. The van der Waals surface area contributed by atoms with Crippen LogP contribution in [0.4, 0.5) is 22.0 Å². The molecular weight excluding hydrogens is 307 g/mol. The monoisotopic (exact) mass is 313 g/mol. The molecule has 0 spiro atoms. The molecule has 0 aliphatic heterocycles. The molecule has 0 unspecified atom stereocenters.